The summed E-state index contributed by atoms with van der Waals surface area (Å²) in [5.41, 5.74) is 1.88. The van der Waals surface area contributed by atoms with Crippen LogP contribution in [0.5, 0.6) is 0 Å². The summed E-state index contributed by atoms with van der Waals surface area (Å²) in [6, 6.07) is 7.40. The first-order valence-electron chi connectivity index (χ1n) is 8.68. The molecule has 0 spiro atoms. The van der Waals surface area contributed by atoms with Crippen LogP contribution < -0.4 is 0 Å². The summed E-state index contributed by atoms with van der Waals surface area (Å²) in [4.78, 5) is 19.5. The first-order valence-corrected chi connectivity index (χ1v) is 10.3. The van der Waals surface area contributed by atoms with Gasteiger partial charge in [0.2, 0.25) is 0 Å². The standard InChI is InChI=1S/C19H20Cl2N2O3S/c20-14-3-4-15(17(21)10-14)16-5-9-27-18(16)11-22-26-8-7-23-6-1-2-13(12-23)19(24)25/h3-5,9-11,13H,1-2,6-8,12H2,(H,24,25)/b22-11+. The van der Waals surface area contributed by atoms with E-state index < -0.39 is 5.97 Å². The molecule has 0 aliphatic carbocycles. The second kappa shape index (κ2) is 9.55. The summed E-state index contributed by atoms with van der Waals surface area (Å²) in [6.07, 6.45) is 3.33. The van der Waals surface area contributed by atoms with Crippen LogP contribution in [0.1, 0.15) is 17.7 Å². The average molecular weight is 427 g/mol. The molecule has 1 aromatic heterocycles. The van der Waals surface area contributed by atoms with Crippen molar-refractivity contribution in [2.75, 3.05) is 26.2 Å². The highest BCUT2D eigenvalue weighted by atomic mass is 35.5. The summed E-state index contributed by atoms with van der Waals surface area (Å²) < 4.78 is 0. The van der Waals surface area contributed by atoms with Gasteiger partial charge in [0.1, 0.15) is 6.61 Å². The molecule has 8 heteroatoms. The molecular weight excluding hydrogens is 407 g/mol. The van der Waals surface area contributed by atoms with E-state index in [1.165, 1.54) is 0 Å². The van der Waals surface area contributed by atoms with Crippen molar-refractivity contribution in [3.63, 3.8) is 0 Å². The summed E-state index contributed by atoms with van der Waals surface area (Å²) in [5, 5.41) is 16.4. The third-order valence-electron chi connectivity index (χ3n) is 4.51. The molecule has 1 fully saturated rings. The van der Waals surface area contributed by atoms with Crippen LogP contribution in [0.15, 0.2) is 34.8 Å². The fourth-order valence-electron chi connectivity index (χ4n) is 3.12. The molecule has 0 saturated carbocycles. The molecule has 5 nitrogen and oxygen atoms in total. The minimum absolute atomic E-state index is 0.278. The number of hydrogen-bond donors (Lipinski definition) is 1. The van der Waals surface area contributed by atoms with Crippen LogP contribution in [0.2, 0.25) is 10.0 Å². The van der Waals surface area contributed by atoms with E-state index in [4.69, 9.17) is 33.1 Å². The van der Waals surface area contributed by atoms with Gasteiger partial charge in [-0.2, -0.15) is 0 Å². The average Bonchev–Trinajstić information content (AvgIpc) is 3.10. The van der Waals surface area contributed by atoms with Gasteiger partial charge in [0.15, 0.2) is 0 Å². The Morgan fingerprint density at radius 2 is 2.22 bits per heavy atom. The lowest BCUT2D eigenvalue weighted by atomic mass is 9.98. The van der Waals surface area contributed by atoms with Crippen LogP contribution in [-0.2, 0) is 9.63 Å². The molecule has 1 unspecified atom stereocenters. The number of aliphatic carboxylic acids is 1. The Morgan fingerprint density at radius 3 is 3.00 bits per heavy atom. The largest absolute Gasteiger partial charge is 0.481 e. The third kappa shape index (κ3) is 5.45. The lowest BCUT2D eigenvalue weighted by Gasteiger charge is -2.29. The quantitative estimate of drug-likeness (QED) is 0.389. The van der Waals surface area contributed by atoms with E-state index in [1.54, 1.807) is 29.7 Å². The number of rotatable bonds is 7. The van der Waals surface area contributed by atoms with Crippen molar-refractivity contribution in [3.05, 3.63) is 44.6 Å². The van der Waals surface area contributed by atoms with E-state index in [-0.39, 0.29) is 5.92 Å². The van der Waals surface area contributed by atoms with E-state index in [2.05, 4.69) is 10.1 Å². The lowest BCUT2D eigenvalue weighted by molar-refractivity contribution is -0.143. The molecule has 0 amide bonds. The van der Waals surface area contributed by atoms with Crippen LogP contribution in [0.3, 0.4) is 0 Å². The molecule has 2 aromatic rings. The Kier molecular flexibility index (Phi) is 7.13. The number of carboxylic acid groups (broad SMARTS) is 1. The molecule has 0 bridgehead atoms. The molecule has 1 atom stereocenters. The number of hydrogen-bond acceptors (Lipinski definition) is 5. The van der Waals surface area contributed by atoms with Gasteiger partial charge in [0.25, 0.3) is 0 Å². The Hall–Kier alpha value is -1.60. The summed E-state index contributed by atoms with van der Waals surface area (Å²) in [7, 11) is 0. The number of thiophene rings is 1. The smallest absolute Gasteiger partial charge is 0.307 e. The van der Waals surface area contributed by atoms with Gasteiger partial charge in [-0.05, 0) is 43.0 Å². The predicted octanol–water partition coefficient (Wildman–Crippen LogP) is 4.87. The monoisotopic (exact) mass is 426 g/mol. The molecule has 144 valence electrons. The molecule has 1 N–H and O–H groups in total. The van der Waals surface area contributed by atoms with Crippen LogP contribution in [0.25, 0.3) is 11.1 Å². The highest BCUT2D eigenvalue weighted by Gasteiger charge is 2.24. The van der Waals surface area contributed by atoms with E-state index in [0.29, 0.717) is 29.7 Å². The van der Waals surface area contributed by atoms with Gasteiger partial charge in [0, 0.05) is 34.3 Å². The van der Waals surface area contributed by atoms with Gasteiger partial charge >= 0.3 is 5.97 Å². The van der Waals surface area contributed by atoms with Crippen LogP contribution in [0, 0.1) is 5.92 Å². The molecular formula is C19H20Cl2N2O3S. The Labute approximate surface area is 172 Å². The maximum Gasteiger partial charge on any atom is 0.307 e. The number of piperidine rings is 1. The number of carbonyl (C=O) groups is 1. The number of carboxylic acids is 1. The van der Waals surface area contributed by atoms with E-state index in [0.717, 1.165) is 35.4 Å². The van der Waals surface area contributed by atoms with Crippen LogP contribution in [0.4, 0.5) is 0 Å². The fourth-order valence-corrected chi connectivity index (χ4v) is 4.39. The zero-order valence-corrected chi connectivity index (χ0v) is 16.9. The van der Waals surface area contributed by atoms with Gasteiger partial charge < -0.3 is 9.94 Å². The predicted molar refractivity (Wildman–Crippen MR) is 110 cm³/mol. The van der Waals surface area contributed by atoms with Crippen molar-refractivity contribution in [2.45, 2.75) is 12.8 Å². The maximum absolute atomic E-state index is 11.1. The minimum Gasteiger partial charge on any atom is -0.481 e. The Morgan fingerprint density at radius 1 is 1.37 bits per heavy atom. The summed E-state index contributed by atoms with van der Waals surface area (Å²) in [5.74, 6) is -0.996. The minimum atomic E-state index is -0.718. The van der Waals surface area contributed by atoms with Gasteiger partial charge in [0.05, 0.1) is 17.0 Å². The number of likely N-dealkylation sites (tertiary alicyclic amines) is 1. The maximum atomic E-state index is 11.1. The molecule has 3 rings (SSSR count). The van der Waals surface area contributed by atoms with Crippen molar-refractivity contribution in [3.8, 4) is 11.1 Å². The van der Waals surface area contributed by atoms with Crippen molar-refractivity contribution in [2.24, 2.45) is 11.1 Å². The molecule has 1 aromatic carbocycles. The molecule has 27 heavy (non-hydrogen) atoms. The summed E-state index contributed by atoms with van der Waals surface area (Å²) in [6.45, 7) is 2.57. The lowest BCUT2D eigenvalue weighted by Crippen LogP contribution is -2.40. The van der Waals surface area contributed by atoms with Crippen molar-refractivity contribution in [1.29, 1.82) is 0 Å². The molecule has 1 aliphatic heterocycles. The third-order valence-corrected chi connectivity index (χ3v) is 5.91. The van der Waals surface area contributed by atoms with E-state index >= 15 is 0 Å². The van der Waals surface area contributed by atoms with Crippen molar-refractivity contribution >= 4 is 46.7 Å². The Bertz CT molecular complexity index is 825. The summed E-state index contributed by atoms with van der Waals surface area (Å²) >= 11 is 13.8. The molecule has 1 aliphatic rings. The normalized spacial score (nSPS) is 18.1. The first-order chi connectivity index (χ1) is 13.0. The zero-order valence-electron chi connectivity index (χ0n) is 14.6. The second-order valence-electron chi connectivity index (χ2n) is 6.37. The number of oxime groups is 1. The topological polar surface area (TPSA) is 62.1 Å². The number of benzene rings is 1. The number of halogens is 2. The van der Waals surface area contributed by atoms with Gasteiger partial charge in [-0.3, -0.25) is 9.69 Å². The van der Waals surface area contributed by atoms with Crippen molar-refractivity contribution in [1.82, 2.24) is 4.90 Å². The van der Waals surface area contributed by atoms with Gasteiger partial charge in [-0.15, -0.1) is 11.3 Å². The fraction of sp³-hybridized carbons (Fsp3) is 0.368. The van der Waals surface area contributed by atoms with Gasteiger partial charge in [-0.25, -0.2) is 0 Å². The van der Waals surface area contributed by atoms with E-state index in [1.807, 2.05) is 17.5 Å². The van der Waals surface area contributed by atoms with Crippen molar-refractivity contribution < 1.29 is 14.7 Å². The van der Waals surface area contributed by atoms with Crippen LogP contribution >= 0.6 is 34.5 Å². The SMILES string of the molecule is O=C(O)C1CCCN(CCO/N=C/c2sccc2-c2ccc(Cl)cc2Cl)C1. The molecule has 2 heterocycles. The first kappa shape index (κ1) is 20.1. The van der Waals surface area contributed by atoms with Gasteiger partial charge in [-0.1, -0.05) is 34.4 Å². The molecule has 0 radical (unpaired) electrons. The van der Waals surface area contributed by atoms with Crippen LogP contribution in [-0.4, -0.2) is 48.4 Å². The highest BCUT2D eigenvalue weighted by Crippen LogP contribution is 2.34. The second-order valence-corrected chi connectivity index (χ2v) is 8.16. The Balaban J connectivity index is 1.52. The molecule has 1 saturated heterocycles. The van der Waals surface area contributed by atoms with E-state index in [9.17, 15) is 4.79 Å². The zero-order chi connectivity index (χ0) is 19.2. The highest BCUT2D eigenvalue weighted by molar-refractivity contribution is 7.12. The number of nitrogens with zero attached hydrogens (tertiary/aromatic N) is 2.